The highest BCUT2D eigenvalue weighted by Gasteiger charge is 2.21. The number of nitrogens with zero attached hydrogens (tertiary/aromatic N) is 1. The predicted octanol–water partition coefficient (Wildman–Crippen LogP) is 8.14. The van der Waals surface area contributed by atoms with Gasteiger partial charge in [-0.3, -0.25) is 14.5 Å². The SMILES string of the molecule is CC(C)C(C)/C=C\C/C=C\C(C)C(C)C(=O)OCCN(C)CCOC(=O)C(C)C(C)/C=C\C/C=C\C(C)C(C)C. The third kappa shape index (κ3) is 17.5. The first-order valence-electron chi connectivity index (χ1n) is 15.5. The maximum Gasteiger partial charge on any atom is 0.309 e. The Morgan fingerprint density at radius 3 is 1.15 bits per heavy atom. The molecule has 0 spiro atoms. The fourth-order valence-corrected chi connectivity index (χ4v) is 3.52. The summed E-state index contributed by atoms with van der Waals surface area (Å²) in [5, 5.41) is 0. The van der Waals surface area contributed by atoms with Crippen molar-refractivity contribution in [2.45, 2.75) is 82.1 Å². The van der Waals surface area contributed by atoms with Gasteiger partial charge in [-0.1, -0.05) is 118 Å². The lowest BCUT2D eigenvalue weighted by Gasteiger charge is -2.20. The Morgan fingerprint density at radius 1 is 0.550 bits per heavy atom. The summed E-state index contributed by atoms with van der Waals surface area (Å²) in [6.45, 7) is 23.1. The van der Waals surface area contributed by atoms with Crippen molar-refractivity contribution in [2.24, 2.45) is 47.3 Å². The number of ether oxygens (including phenoxy) is 2. The summed E-state index contributed by atoms with van der Waals surface area (Å²) in [4.78, 5) is 26.9. The van der Waals surface area contributed by atoms with Gasteiger partial charge < -0.3 is 9.47 Å². The maximum atomic E-state index is 12.5. The van der Waals surface area contributed by atoms with Crippen molar-refractivity contribution in [2.75, 3.05) is 33.4 Å². The Morgan fingerprint density at radius 2 is 0.850 bits per heavy atom. The molecule has 0 aliphatic heterocycles. The van der Waals surface area contributed by atoms with Gasteiger partial charge in [0.25, 0.3) is 0 Å². The quantitative estimate of drug-likeness (QED) is 0.111. The average Bonchev–Trinajstić information content (AvgIpc) is 2.90. The van der Waals surface area contributed by atoms with Crippen LogP contribution in [-0.4, -0.2) is 50.2 Å². The summed E-state index contributed by atoms with van der Waals surface area (Å²) in [6.07, 6.45) is 19.1. The maximum absolute atomic E-state index is 12.5. The van der Waals surface area contributed by atoms with Crippen molar-refractivity contribution >= 4 is 11.9 Å². The van der Waals surface area contributed by atoms with Gasteiger partial charge in [-0.05, 0) is 55.4 Å². The second-order valence-electron chi connectivity index (χ2n) is 12.3. The summed E-state index contributed by atoms with van der Waals surface area (Å²) in [7, 11) is 1.94. The van der Waals surface area contributed by atoms with Gasteiger partial charge in [0.05, 0.1) is 11.8 Å². The third-order valence-electron chi connectivity index (χ3n) is 8.16. The van der Waals surface area contributed by atoms with Crippen LogP contribution in [0, 0.1) is 47.3 Å². The van der Waals surface area contributed by atoms with Gasteiger partial charge in [0.15, 0.2) is 0 Å². The predicted molar refractivity (Wildman–Crippen MR) is 170 cm³/mol. The van der Waals surface area contributed by atoms with Crippen molar-refractivity contribution < 1.29 is 19.1 Å². The molecule has 0 fully saturated rings. The molecule has 0 bridgehead atoms. The zero-order chi connectivity index (χ0) is 30.7. The first-order valence-corrected chi connectivity index (χ1v) is 15.5. The lowest BCUT2D eigenvalue weighted by atomic mass is 9.95. The van der Waals surface area contributed by atoms with E-state index in [9.17, 15) is 9.59 Å². The molecule has 0 rings (SSSR count). The molecule has 5 heteroatoms. The van der Waals surface area contributed by atoms with E-state index in [1.54, 1.807) is 0 Å². The largest absolute Gasteiger partial charge is 0.464 e. The van der Waals surface area contributed by atoms with Crippen LogP contribution in [0.3, 0.4) is 0 Å². The Kier molecular flexibility index (Phi) is 20.4. The fraction of sp³-hybridized carbons (Fsp3) is 0.714. The lowest BCUT2D eigenvalue weighted by molar-refractivity contribution is -0.149. The van der Waals surface area contributed by atoms with Crippen LogP contribution >= 0.6 is 0 Å². The number of carbonyl (C=O) groups is 2. The van der Waals surface area contributed by atoms with Crippen molar-refractivity contribution in [3.63, 3.8) is 0 Å². The van der Waals surface area contributed by atoms with Gasteiger partial charge in [0.2, 0.25) is 0 Å². The Labute approximate surface area is 247 Å². The van der Waals surface area contributed by atoms with Gasteiger partial charge in [0.1, 0.15) is 13.2 Å². The Hall–Kier alpha value is -2.14. The van der Waals surface area contributed by atoms with E-state index in [0.717, 1.165) is 12.8 Å². The highest BCUT2D eigenvalue weighted by Crippen LogP contribution is 2.17. The van der Waals surface area contributed by atoms with E-state index in [1.165, 1.54) is 0 Å². The van der Waals surface area contributed by atoms with Gasteiger partial charge in [0, 0.05) is 13.1 Å². The van der Waals surface area contributed by atoms with Crippen molar-refractivity contribution in [1.82, 2.24) is 4.90 Å². The van der Waals surface area contributed by atoms with Crippen LogP contribution in [0.15, 0.2) is 48.6 Å². The molecule has 0 heterocycles. The molecular weight excluding hydrogens is 498 g/mol. The molecule has 0 radical (unpaired) electrons. The van der Waals surface area contributed by atoms with Crippen molar-refractivity contribution in [3.05, 3.63) is 48.6 Å². The third-order valence-corrected chi connectivity index (χ3v) is 8.16. The molecule has 6 atom stereocenters. The second-order valence-corrected chi connectivity index (χ2v) is 12.3. The zero-order valence-electron chi connectivity index (χ0n) is 27.6. The molecule has 0 aromatic carbocycles. The van der Waals surface area contributed by atoms with Crippen LogP contribution in [0.4, 0.5) is 0 Å². The second kappa shape index (κ2) is 21.6. The molecule has 0 saturated carbocycles. The first-order chi connectivity index (χ1) is 18.8. The molecule has 230 valence electrons. The van der Waals surface area contributed by atoms with E-state index >= 15 is 0 Å². The molecule has 0 aliphatic carbocycles. The molecular formula is C35H61NO4. The molecule has 0 saturated heterocycles. The van der Waals surface area contributed by atoms with E-state index in [0.29, 0.717) is 50.0 Å². The van der Waals surface area contributed by atoms with E-state index in [4.69, 9.17) is 9.47 Å². The smallest absolute Gasteiger partial charge is 0.309 e. The van der Waals surface area contributed by atoms with Crippen LogP contribution in [0.25, 0.3) is 0 Å². The number of rotatable bonds is 20. The van der Waals surface area contributed by atoms with Crippen LogP contribution in [0.2, 0.25) is 0 Å². The molecule has 5 nitrogen and oxygen atoms in total. The van der Waals surface area contributed by atoms with Crippen LogP contribution in [0.5, 0.6) is 0 Å². The van der Waals surface area contributed by atoms with E-state index in [1.807, 2.05) is 39.6 Å². The summed E-state index contributed by atoms with van der Waals surface area (Å²) < 4.78 is 11.0. The van der Waals surface area contributed by atoms with Crippen molar-refractivity contribution in [3.8, 4) is 0 Å². The highest BCUT2D eigenvalue weighted by atomic mass is 16.5. The summed E-state index contributed by atoms with van der Waals surface area (Å²) in [5.74, 6) is 1.91. The highest BCUT2D eigenvalue weighted by molar-refractivity contribution is 5.73. The molecule has 0 aromatic rings. The summed E-state index contributed by atoms with van der Waals surface area (Å²) in [6, 6.07) is 0. The lowest BCUT2D eigenvalue weighted by Crippen LogP contribution is -2.31. The number of carbonyl (C=O) groups excluding carboxylic acids is 2. The number of esters is 2. The first kappa shape index (κ1) is 37.9. The molecule has 0 aromatic heterocycles. The minimum Gasteiger partial charge on any atom is -0.464 e. The van der Waals surface area contributed by atoms with Gasteiger partial charge in [-0.15, -0.1) is 0 Å². The minimum atomic E-state index is -0.196. The van der Waals surface area contributed by atoms with Gasteiger partial charge in [-0.2, -0.15) is 0 Å². The minimum absolute atomic E-state index is 0.116. The van der Waals surface area contributed by atoms with E-state index < -0.39 is 0 Å². The van der Waals surface area contributed by atoms with Gasteiger partial charge in [-0.25, -0.2) is 0 Å². The normalized spacial score (nSPS) is 17.4. The molecule has 40 heavy (non-hydrogen) atoms. The van der Waals surface area contributed by atoms with E-state index in [2.05, 4.69) is 90.2 Å². The molecule has 6 unspecified atom stereocenters. The monoisotopic (exact) mass is 559 g/mol. The van der Waals surface area contributed by atoms with Gasteiger partial charge >= 0.3 is 11.9 Å². The molecule has 0 N–H and O–H groups in total. The van der Waals surface area contributed by atoms with Crippen molar-refractivity contribution in [1.29, 1.82) is 0 Å². The number of likely N-dealkylation sites (N-methyl/N-ethyl adjacent to an activating group) is 1. The Balaban J connectivity index is 4.23. The number of allylic oxidation sites excluding steroid dienone is 8. The average molecular weight is 560 g/mol. The van der Waals surface area contributed by atoms with Crippen LogP contribution in [0.1, 0.15) is 82.1 Å². The van der Waals surface area contributed by atoms with Crippen LogP contribution in [-0.2, 0) is 19.1 Å². The summed E-state index contributed by atoms with van der Waals surface area (Å²) >= 11 is 0. The number of hydrogen-bond acceptors (Lipinski definition) is 5. The van der Waals surface area contributed by atoms with Crippen LogP contribution < -0.4 is 0 Å². The Bertz CT molecular complexity index is 744. The number of hydrogen-bond donors (Lipinski definition) is 0. The summed E-state index contributed by atoms with van der Waals surface area (Å²) in [5.41, 5.74) is 0. The molecule has 0 aliphatic rings. The molecule has 0 amide bonds. The zero-order valence-corrected chi connectivity index (χ0v) is 27.6. The van der Waals surface area contributed by atoms with E-state index in [-0.39, 0.29) is 35.6 Å². The standard InChI is InChI=1S/C35H61NO4/c1-26(2)28(5)18-14-12-16-20-30(7)32(9)34(37)39-24-22-36(11)23-25-40-35(38)33(10)31(8)21-17-13-15-19-29(6)27(3)4/h14-21,26-33H,12-13,22-25H2,1-11H3/b18-14-,19-15-,20-16-,21-17-. The topological polar surface area (TPSA) is 55.8 Å². The fourth-order valence-electron chi connectivity index (χ4n) is 3.52.